The van der Waals surface area contributed by atoms with Crippen LogP contribution in [0.3, 0.4) is 0 Å². The van der Waals surface area contributed by atoms with Gasteiger partial charge < -0.3 is 15.8 Å². The molecular weight excluding hydrogens is 466 g/mol. The summed E-state index contributed by atoms with van der Waals surface area (Å²) in [4.78, 5) is 40.7. The standard InChI is InChI=1S/C30H43N3O4/c1-8-37-29(36)23(17-30(5,6)7)33-26(21-13-9-18(2)10-14-21)20(4)24(25(31)28(33)35)27(34)32-22-15-11-19(3)12-16-22/h9-10,13-14,19,22-23H,8,11-12,15-17,31H2,1-7H3,(H,32,34)/t19-,22-,23?. The molecule has 0 saturated heterocycles. The van der Waals surface area contributed by atoms with Gasteiger partial charge in [-0.3, -0.25) is 14.2 Å². The largest absolute Gasteiger partial charge is 0.464 e. The molecule has 37 heavy (non-hydrogen) atoms. The number of hydrogen-bond donors (Lipinski definition) is 2. The van der Waals surface area contributed by atoms with Crippen molar-refractivity contribution < 1.29 is 14.3 Å². The van der Waals surface area contributed by atoms with Crippen molar-refractivity contribution in [2.45, 2.75) is 92.7 Å². The Kier molecular flexibility index (Phi) is 8.88. The molecular formula is C30H43N3O4. The molecule has 1 amide bonds. The molecule has 1 aromatic heterocycles. The third kappa shape index (κ3) is 6.62. The number of anilines is 1. The third-order valence-electron chi connectivity index (χ3n) is 7.27. The van der Waals surface area contributed by atoms with Crippen LogP contribution in [0.15, 0.2) is 29.1 Å². The number of benzene rings is 1. The fourth-order valence-electron chi connectivity index (χ4n) is 5.26. The van der Waals surface area contributed by atoms with E-state index in [1.165, 1.54) is 4.57 Å². The molecule has 1 fully saturated rings. The number of carbonyl (C=O) groups is 2. The molecule has 7 heteroatoms. The molecule has 7 nitrogen and oxygen atoms in total. The van der Waals surface area contributed by atoms with Crippen molar-refractivity contribution in [1.29, 1.82) is 0 Å². The summed E-state index contributed by atoms with van der Waals surface area (Å²) in [6.07, 6.45) is 4.30. The Morgan fingerprint density at radius 1 is 1.11 bits per heavy atom. The van der Waals surface area contributed by atoms with Gasteiger partial charge in [-0.25, -0.2) is 4.79 Å². The van der Waals surface area contributed by atoms with Crippen LogP contribution in [0.5, 0.6) is 0 Å². The SMILES string of the molecule is CCOC(=O)C(CC(C)(C)C)n1c(-c2ccc(C)cc2)c(C)c(C(=O)N[C@H]2CC[C@H](C)CC2)c(N)c1=O. The van der Waals surface area contributed by atoms with Crippen LogP contribution in [-0.4, -0.2) is 29.1 Å². The number of aromatic nitrogens is 1. The summed E-state index contributed by atoms with van der Waals surface area (Å²) in [7, 11) is 0. The molecule has 202 valence electrons. The topological polar surface area (TPSA) is 103 Å². The number of nitrogens with zero attached hydrogens (tertiary/aromatic N) is 1. The van der Waals surface area contributed by atoms with Crippen LogP contribution >= 0.6 is 0 Å². The molecule has 3 rings (SSSR count). The lowest BCUT2D eigenvalue weighted by molar-refractivity contribution is -0.148. The second-order valence-electron chi connectivity index (χ2n) is 11.8. The number of rotatable bonds is 7. The summed E-state index contributed by atoms with van der Waals surface area (Å²) in [6.45, 7) is 14.0. The smallest absolute Gasteiger partial charge is 0.329 e. The van der Waals surface area contributed by atoms with Gasteiger partial charge in [0.05, 0.1) is 17.9 Å². The van der Waals surface area contributed by atoms with E-state index in [1.54, 1.807) is 13.8 Å². The average Bonchev–Trinajstić information content (AvgIpc) is 2.82. The third-order valence-corrected chi connectivity index (χ3v) is 7.27. The molecule has 0 radical (unpaired) electrons. The number of hydrogen-bond acceptors (Lipinski definition) is 5. The Labute approximate surface area is 220 Å². The Bertz CT molecular complexity index is 1180. The van der Waals surface area contributed by atoms with Crippen molar-refractivity contribution in [3.05, 3.63) is 51.3 Å². The van der Waals surface area contributed by atoms with Crippen molar-refractivity contribution in [1.82, 2.24) is 9.88 Å². The van der Waals surface area contributed by atoms with Gasteiger partial charge in [0.2, 0.25) is 0 Å². The molecule has 1 aromatic carbocycles. The van der Waals surface area contributed by atoms with Crippen molar-refractivity contribution in [3.8, 4) is 11.3 Å². The fraction of sp³-hybridized carbons (Fsp3) is 0.567. The maximum atomic E-state index is 13.9. The highest BCUT2D eigenvalue weighted by molar-refractivity contribution is 6.02. The van der Waals surface area contributed by atoms with Gasteiger partial charge >= 0.3 is 5.97 Å². The van der Waals surface area contributed by atoms with Crippen molar-refractivity contribution in [3.63, 3.8) is 0 Å². The summed E-state index contributed by atoms with van der Waals surface area (Å²) >= 11 is 0. The van der Waals surface area contributed by atoms with Crippen LogP contribution in [0, 0.1) is 25.2 Å². The number of amides is 1. The lowest BCUT2D eigenvalue weighted by atomic mass is 9.86. The predicted octanol–water partition coefficient (Wildman–Crippen LogP) is 5.56. The first-order valence-corrected chi connectivity index (χ1v) is 13.4. The van der Waals surface area contributed by atoms with Gasteiger partial charge in [-0.05, 0) is 75.3 Å². The number of nitrogens with one attached hydrogen (secondary N) is 1. The molecule has 1 aliphatic rings. The maximum absolute atomic E-state index is 13.9. The highest BCUT2D eigenvalue weighted by atomic mass is 16.5. The van der Waals surface area contributed by atoms with Crippen LogP contribution in [0.1, 0.15) is 94.2 Å². The minimum absolute atomic E-state index is 0.0564. The number of pyridine rings is 1. The molecule has 3 N–H and O–H groups in total. The molecule has 0 bridgehead atoms. The lowest BCUT2D eigenvalue weighted by Crippen LogP contribution is -2.41. The van der Waals surface area contributed by atoms with Crippen molar-refractivity contribution >= 4 is 17.6 Å². The van der Waals surface area contributed by atoms with Crippen LogP contribution < -0.4 is 16.6 Å². The zero-order valence-electron chi connectivity index (χ0n) is 23.4. The monoisotopic (exact) mass is 509 g/mol. The van der Waals surface area contributed by atoms with Crippen LogP contribution in [-0.2, 0) is 9.53 Å². The van der Waals surface area contributed by atoms with E-state index in [1.807, 2.05) is 52.0 Å². The van der Waals surface area contributed by atoms with Gasteiger partial charge in [-0.15, -0.1) is 0 Å². The second-order valence-corrected chi connectivity index (χ2v) is 11.8. The van der Waals surface area contributed by atoms with Gasteiger partial charge in [0.15, 0.2) is 0 Å². The summed E-state index contributed by atoms with van der Waals surface area (Å²) in [5.41, 5.74) is 8.53. The van der Waals surface area contributed by atoms with E-state index in [9.17, 15) is 14.4 Å². The zero-order chi connectivity index (χ0) is 27.5. The van der Waals surface area contributed by atoms with E-state index in [0.717, 1.165) is 36.8 Å². The summed E-state index contributed by atoms with van der Waals surface area (Å²) < 4.78 is 6.87. The molecule has 2 aromatic rings. The molecule has 1 atom stereocenters. The zero-order valence-corrected chi connectivity index (χ0v) is 23.4. The quantitative estimate of drug-likeness (QED) is 0.476. The minimum atomic E-state index is -0.887. The predicted molar refractivity (Wildman–Crippen MR) is 149 cm³/mol. The van der Waals surface area contributed by atoms with E-state index in [2.05, 4.69) is 12.2 Å². The van der Waals surface area contributed by atoms with Gasteiger partial charge in [0.25, 0.3) is 11.5 Å². The highest BCUT2D eigenvalue weighted by Crippen LogP contribution is 2.35. The lowest BCUT2D eigenvalue weighted by Gasteiger charge is -2.30. The number of aryl methyl sites for hydroxylation is 1. The first-order chi connectivity index (χ1) is 17.3. The van der Waals surface area contributed by atoms with Crippen LogP contribution in [0.25, 0.3) is 11.3 Å². The van der Waals surface area contributed by atoms with Gasteiger partial charge in [-0.1, -0.05) is 57.5 Å². The average molecular weight is 510 g/mol. The number of ether oxygens (including phenoxy) is 1. The molecule has 0 spiro atoms. The number of nitrogens with two attached hydrogens (primary N) is 1. The van der Waals surface area contributed by atoms with E-state index in [4.69, 9.17) is 10.5 Å². The molecule has 1 heterocycles. The van der Waals surface area contributed by atoms with Gasteiger partial charge in [0.1, 0.15) is 11.7 Å². The van der Waals surface area contributed by atoms with E-state index >= 15 is 0 Å². The maximum Gasteiger partial charge on any atom is 0.329 e. The summed E-state index contributed by atoms with van der Waals surface area (Å²) in [6, 6.07) is 6.89. The normalized spacial score (nSPS) is 18.8. The molecule has 0 aliphatic heterocycles. The summed E-state index contributed by atoms with van der Waals surface area (Å²) in [5, 5.41) is 3.12. The van der Waals surface area contributed by atoms with E-state index in [0.29, 0.717) is 23.6 Å². The van der Waals surface area contributed by atoms with E-state index in [-0.39, 0.29) is 35.2 Å². The summed E-state index contributed by atoms with van der Waals surface area (Å²) in [5.74, 6) is -0.171. The van der Waals surface area contributed by atoms with Crippen molar-refractivity contribution in [2.75, 3.05) is 12.3 Å². The van der Waals surface area contributed by atoms with Crippen LogP contribution in [0.2, 0.25) is 0 Å². The first-order valence-electron chi connectivity index (χ1n) is 13.4. The van der Waals surface area contributed by atoms with E-state index < -0.39 is 17.6 Å². The van der Waals surface area contributed by atoms with Gasteiger partial charge in [-0.2, -0.15) is 0 Å². The molecule has 1 aliphatic carbocycles. The Morgan fingerprint density at radius 3 is 2.24 bits per heavy atom. The Morgan fingerprint density at radius 2 is 1.70 bits per heavy atom. The number of carbonyl (C=O) groups excluding carboxylic acids is 2. The van der Waals surface area contributed by atoms with Gasteiger partial charge in [0, 0.05) is 6.04 Å². The van der Waals surface area contributed by atoms with Crippen LogP contribution in [0.4, 0.5) is 5.69 Å². The Hall–Kier alpha value is -3.09. The first kappa shape index (κ1) is 28.5. The Balaban J connectivity index is 2.23. The molecule has 1 saturated carbocycles. The van der Waals surface area contributed by atoms with Crippen molar-refractivity contribution in [2.24, 2.45) is 11.3 Å². The number of esters is 1. The second kappa shape index (κ2) is 11.5. The molecule has 1 unspecified atom stereocenters. The fourth-order valence-corrected chi connectivity index (χ4v) is 5.26. The minimum Gasteiger partial charge on any atom is -0.464 e. The highest BCUT2D eigenvalue weighted by Gasteiger charge is 2.34. The number of nitrogen functional groups attached to an aromatic ring is 1.